The molecular weight excluding hydrogens is 326 g/mol. The summed E-state index contributed by atoms with van der Waals surface area (Å²) in [6.07, 6.45) is 4.62. The third kappa shape index (κ3) is 4.03. The lowest BCUT2D eigenvalue weighted by Gasteiger charge is -2.08. The maximum atomic E-state index is 12.1. The summed E-state index contributed by atoms with van der Waals surface area (Å²) in [6, 6.07) is 6.09. The molecule has 0 saturated carbocycles. The van der Waals surface area contributed by atoms with E-state index >= 15 is 0 Å². The summed E-state index contributed by atoms with van der Waals surface area (Å²) in [7, 11) is 0. The van der Waals surface area contributed by atoms with Gasteiger partial charge in [0.25, 0.3) is 0 Å². The number of carbonyl (C=O) groups excluding carboxylic acids is 1. The fourth-order valence-electron chi connectivity index (χ4n) is 2.27. The monoisotopic (exact) mass is 343 g/mol. The second-order valence-electron chi connectivity index (χ2n) is 5.13. The number of aromatic nitrogens is 2. The first-order chi connectivity index (χ1) is 11.2. The minimum absolute atomic E-state index is 0.0422. The highest BCUT2D eigenvalue weighted by molar-refractivity contribution is 7.13. The Morgan fingerprint density at radius 1 is 1.17 bits per heavy atom. The van der Waals surface area contributed by atoms with Crippen LogP contribution in [0.15, 0.2) is 41.4 Å². The number of hydrogen-bond acceptors (Lipinski definition) is 5. The van der Waals surface area contributed by atoms with Crippen LogP contribution in [-0.4, -0.2) is 15.9 Å². The Balaban J connectivity index is 1.58. The standard InChI is InChI=1S/C17H17N3OS2/c1-12-6-10-23-14(12)4-5-16(21)20-11-13-17(19-8-7-18-13)15-3-2-9-22-15/h2-3,6-10H,4-5,11H2,1H3,(H,20,21). The number of aryl methyl sites for hydroxylation is 2. The topological polar surface area (TPSA) is 54.9 Å². The van der Waals surface area contributed by atoms with E-state index in [4.69, 9.17) is 0 Å². The van der Waals surface area contributed by atoms with Gasteiger partial charge in [-0.15, -0.1) is 22.7 Å². The summed E-state index contributed by atoms with van der Waals surface area (Å²) in [4.78, 5) is 23.2. The Morgan fingerprint density at radius 2 is 2.04 bits per heavy atom. The van der Waals surface area contributed by atoms with Crippen LogP contribution < -0.4 is 5.32 Å². The normalized spacial score (nSPS) is 10.7. The molecule has 0 atom stereocenters. The fraction of sp³-hybridized carbons (Fsp3) is 0.235. The van der Waals surface area contributed by atoms with Gasteiger partial charge >= 0.3 is 0 Å². The van der Waals surface area contributed by atoms with Crippen molar-refractivity contribution >= 4 is 28.6 Å². The maximum Gasteiger partial charge on any atom is 0.220 e. The van der Waals surface area contributed by atoms with Crippen LogP contribution in [0.3, 0.4) is 0 Å². The van der Waals surface area contributed by atoms with Gasteiger partial charge in [0, 0.05) is 23.7 Å². The maximum absolute atomic E-state index is 12.1. The highest BCUT2D eigenvalue weighted by atomic mass is 32.1. The van der Waals surface area contributed by atoms with Crippen LogP contribution in [0, 0.1) is 6.92 Å². The molecule has 1 N–H and O–H groups in total. The molecule has 0 bridgehead atoms. The number of hydrogen-bond donors (Lipinski definition) is 1. The van der Waals surface area contributed by atoms with Gasteiger partial charge in [0.15, 0.2) is 0 Å². The molecule has 0 fully saturated rings. The van der Waals surface area contributed by atoms with E-state index in [-0.39, 0.29) is 5.91 Å². The molecule has 1 amide bonds. The molecule has 0 aromatic carbocycles. The van der Waals surface area contributed by atoms with Crippen molar-refractivity contribution in [3.8, 4) is 10.6 Å². The van der Waals surface area contributed by atoms with Gasteiger partial charge in [-0.3, -0.25) is 14.8 Å². The van der Waals surface area contributed by atoms with Crippen LogP contribution in [0.2, 0.25) is 0 Å². The summed E-state index contributed by atoms with van der Waals surface area (Å²) in [5, 5.41) is 7.03. The zero-order valence-corrected chi connectivity index (χ0v) is 14.4. The van der Waals surface area contributed by atoms with E-state index in [0.29, 0.717) is 13.0 Å². The fourth-order valence-corrected chi connectivity index (χ4v) is 3.93. The highest BCUT2D eigenvalue weighted by Gasteiger charge is 2.11. The summed E-state index contributed by atoms with van der Waals surface area (Å²) in [5.41, 5.74) is 2.91. The van der Waals surface area contributed by atoms with Crippen LogP contribution >= 0.6 is 22.7 Å². The van der Waals surface area contributed by atoms with E-state index in [1.807, 2.05) is 17.5 Å². The largest absolute Gasteiger partial charge is 0.350 e. The average Bonchev–Trinajstić information content (AvgIpc) is 3.23. The van der Waals surface area contributed by atoms with Gasteiger partial charge in [-0.1, -0.05) is 6.07 Å². The smallest absolute Gasteiger partial charge is 0.220 e. The van der Waals surface area contributed by atoms with Crippen LogP contribution in [0.4, 0.5) is 0 Å². The number of nitrogens with zero attached hydrogens (tertiary/aromatic N) is 2. The van der Waals surface area contributed by atoms with Crippen LogP contribution in [0.5, 0.6) is 0 Å². The Kier molecular flexibility index (Phi) is 5.15. The molecule has 0 aliphatic rings. The lowest BCUT2D eigenvalue weighted by Crippen LogP contribution is -2.24. The first-order valence-corrected chi connectivity index (χ1v) is 9.13. The van der Waals surface area contributed by atoms with Crippen molar-refractivity contribution in [3.63, 3.8) is 0 Å². The Hall–Kier alpha value is -2.05. The molecule has 0 radical (unpaired) electrons. The van der Waals surface area contributed by atoms with Crippen LogP contribution in [-0.2, 0) is 17.8 Å². The molecule has 6 heteroatoms. The Labute approximate surface area is 143 Å². The number of carbonyl (C=O) groups is 1. The van der Waals surface area contributed by atoms with Gasteiger partial charge in [-0.25, -0.2) is 0 Å². The molecule has 0 spiro atoms. The Bertz CT molecular complexity index is 781. The third-order valence-corrected chi connectivity index (χ3v) is 5.49. The average molecular weight is 343 g/mol. The number of nitrogens with one attached hydrogen (secondary N) is 1. The Morgan fingerprint density at radius 3 is 2.78 bits per heavy atom. The molecule has 0 unspecified atom stereocenters. The lowest BCUT2D eigenvalue weighted by molar-refractivity contribution is -0.121. The molecule has 23 heavy (non-hydrogen) atoms. The molecule has 3 aromatic rings. The zero-order chi connectivity index (χ0) is 16.1. The zero-order valence-electron chi connectivity index (χ0n) is 12.8. The van der Waals surface area contributed by atoms with Crippen molar-refractivity contribution in [1.29, 1.82) is 0 Å². The summed E-state index contributed by atoms with van der Waals surface area (Å²) < 4.78 is 0. The van der Waals surface area contributed by atoms with Gasteiger partial charge in [0.2, 0.25) is 5.91 Å². The van der Waals surface area contributed by atoms with E-state index in [0.717, 1.165) is 22.7 Å². The van der Waals surface area contributed by atoms with E-state index in [9.17, 15) is 4.79 Å². The minimum atomic E-state index is 0.0422. The van der Waals surface area contributed by atoms with E-state index in [1.165, 1.54) is 10.4 Å². The summed E-state index contributed by atoms with van der Waals surface area (Å²) >= 11 is 3.33. The first-order valence-electron chi connectivity index (χ1n) is 7.37. The minimum Gasteiger partial charge on any atom is -0.350 e. The van der Waals surface area contributed by atoms with Gasteiger partial charge in [-0.2, -0.15) is 0 Å². The highest BCUT2D eigenvalue weighted by Crippen LogP contribution is 2.24. The quantitative estimate of drug-likeness (QED) is 0.740. The van der Waals surface area contributed by atoms with Crippen molar-refractivity contribution in [2.24, 2.45) is 0 Å². The predicted octanol–water partition coefficient (Wildman–Crippen LogP) is 3.82. The molecule has 3 heterocycles. The van der Waals surface area contributed by atoms with E-state index in [1.54, 1.807) is 35.1 Å². The third-order valence-electron chi connectivity index (χ3n) is 3.53. The van der Waals surface area contributed by atoms with Crippen molar-refractivity contribution in [3.05, 3.63) is 57.5 Å². The molecule has 0 aliphatic heterocycles. The summed E-state index contributed by atoms with van der Waals surface area (Å²) in [5.74, 6) is 0.0422. The number of thiophene rings is 2. The molecular formula is C17H17N3OS2. The van der Waals surface area contributed by atoms with Gasteiger partial charge in [0.05, 0.1) is 17.1 Å². The van der Waals surface area contributed by atoms with Gasteiger partial charge in [0.1, 0.15) is 5.69 Å². The molecule has 0 saturated heterocycles. The SMILES string of the molecule is Cc1ccsc1CCC(=O)NCc1nccnc1-c1cccs1. The van der Waals surface area contributed by atoms with Crippen molar-refractivity contribution < 1.29 is 4.79 Å². The molecule has 3 aromatic heterocycles. The summed E-state index contributed by atoms with van der Waals surface area (Å²) in [6.45, 7) is 2.49. The predicted molar refractivity (Wildman–Crippen MR) is 94.6 cm³/mol. The molecule has 3 rings (SSSR count). The van der Waals surface area contributed by atoms with Crippen LogP contribution in [0.25, 0.3) is 10.6 Å². The second-order valence-corrected chi connectivity index (χ2v) is 7.08. The van der Waals surface area contributed by atoms with Gasteiger partial charge in [-0.05, 0) is 41.8 Å². The number of rotatable bonds is 6. The molecule has 118 valence electrons. The van der Waals surface area contributed by atoms with Crippen LogP contribution in [0.1, 0.15) is 22.6 Å². The van der Waals surface area contributed by atoms with Crippen molar-refractivity contribution in [2.75, 3.05) is 0 Å². The lowest BCUT2D eigenvalue weighted by atomic mass is 10.2. The van der Waals surface area contributed by atoms with Crippen molar-refractivity contribution in [2.45, 2.75) is 26.3 Å². The van der Waals surface area contributed by atoms with Gasteiger partial charge < -0.3 is 5.32 Å². The number of amides is 1. The molecule has 4 nitrogen and oxygen atoms in total. The second kappa shape index (κ2) is 7.48. The van der Waals surface area contributed by atoms with E-state index in [2.05, 4.69) is 33.7 Å². The van der Waals surface area contributed by atoms with Crippen molar-refractivity contribution in [1.82, 2.24) is 15.3 Å². The first kappa shape index (κ1) is 15.8. The molecule has 0 aliphatic carbocycles. The van der Waals surface area contributed by atoms with E-state index < -0.39 is 0 Å².